The molecule has 1 aromatic heterocycles. The van der Waals surface area contributed by atoms with Crippen molar-refractivity contribution >= 4 is 51.7 Å². The van der Waals surface area contributed by atoms with Crippen molar-refractivity contribution in [3.05, 3.63) is 78.5 Å². The molecule has 0 amide bonds. The maximum Gasteiger partial charge on any atom is 0.341 e. The molecule has 2 aromatic carbocycles. The maximum absolute atomic E-state index is 12.6. The van der Waals surface area contributed by atoms with Gasteiger partial charge >= 0.3 is 5.97 Å². The van der Waals surface area contributed by atoms with Crippen molar-refractivity contribution in [3.63, 3.8) is 0 Å². The van der Waals surface area contributed by atoms with Crippen molar-refractivity contribution in [2.24, 2.45) is 0 Å². The second kappa shape index (κ2) is 7.90. The molecule has 0 aliphatic carbocycles. The van der Waals surface area contributed by atoms with Gasteiger partial charge in [-0.3, -0.25) is 4.79 Å². The van der Waals surface area contributed by atoms with E-state index in [-0.39, 0.29) is 24.1 Å². The van der Waals surface area contributed by atoms with E-state index in [2.05, 4.69) is 0 Å². The number of carboxylic acid groups (broad SMARTS) is 1. The molecule has 0 aliphatic heterocycles. The topological polar surface area (TPSA) is 79.5 Å². The number of pyridine rings is 1. The number of carboxylic acids is 1. The monoisotopic (exact) mass is 425 g/mol. The molecule has 3 rings (SSSR count). The summed E-state index contributed by atoms with van der Waals surface area (Å²) in [6.07, 6.45) is 1.54. The van der Waals surface area contributed by atoms with Crippen LogP contribution in [0.25, 0.3) is 10.9 Å². The number of halogens is 3. The van der Waals surface area contributed by atoms with E-state index >= 15 is 0 Å². The molecule has 0 saturated heterocycles. The number of carbonyl (C=O) groups is 1. The van der Waals surface area contributed by atoms with Crippen LogP contribution in [0, 0.1) is 0 Å². The first kappa shape index (κ1) is 19.7. The van der Waals surface area contributed by atoms with Gasteiger partial charge in [-0.2, -0.15) is 0 Å². The van der Waals surface area contributed by atoms with Crippen LogP contribution in [-0.2, 0) is 13.0 Å². The van der Waals surface area contributed by atoms with Crippen LogP contribution in [0.3, 0.4) is 0 Å². The second-order valence-corrected chi connectivity index (χ2v) is 7.14. The molecule has 0 bridgehead atoms. The first-order valence-corrected chi connectivity index (χ1v) is 9.09. The number of aromatic nitrogens is 1. The fraction of sp³-hybridized carbons (Fsp3) is 0.158. The highest BCUT2D eigenvalue weighted by Crippen LogP contribution is 2.30. The van der Waals surface area contributed by atoms with Crippen LogP contribution < -0.4 is 5.43 Å². The number of rotatable bonds is 5. The van der Waals surface area contributed by atoms with Gasteiger partial charge in [0.05, 0.1) is 22.2 Å². The summed E-state index contributed by atoms with van der Waals surface area (Å²) in [5.74, 6) is -1.33. The summed E-state index contributed by atoms with van der Waals surface area (Å²) in [4.78, 5) is 24.0. The number of aromatic carboxylic acids is 1. The molecule has 0 fully saturated rings. The molecule has 0 atom stereocenters. The molecule has 2 N–H and O–H groups in total. The molecule has 3 aromatic rings. The summed E-state index contributed by atoms with van der Waals surface area (Å²) in [7, 11) is 0. The van der Waals surface area contributed by atoms with Gasteiger partial charge in [-0.1, -0.05) is 46.9 Å². The summed E-state index contributed by atoms with van der Waals surface area (Å²) < 4.78 is 1.50. The molecule has 27 heavy (non-hydrogen) atoms. The van der Waals surface area contributed by atoms with Crippen molar-refractivity contribution in [2.45, 2.75) is 13.0 Å². The Morgan fingerprint density at radius 2 is 1.81 bits per heavy atom. The van der Waals surface area contributed by atoms with E-state index in [1.807, 2.05) is 0 Å². The lowest BCUT2D eigenvalue weighted by Gasteiger charge is -2.14. The Balaban J connectivity index is 2.23. The molecule has 140 valence electrons. The van der Waals surface area contributed by atoms with Gasteiger partial charge < -0.3 is 14.8 Å². The van der Waals surface area contributed by atoms with Gasteiger partial charge in [0.25, 0.3) is 0 Å². The lowest BCUT2D eigenvalue weighted by atomic mass is 10.0. The lowest BCUT2D eigenvalue weighted by Crippen LogP contribution is -2.20. The van der Waals surface area contributed by atoms with Crippen LogP contribution in [0.5, 0.6) is 0 Å². The number of fused-ring (bicyclic) bond motifs is 1. The van der Waals surface area contributed by atoms with Gasteiger partial charge in [-0.05, 0) is 29.3 Å². The van der Waals surface area contributed by atoms with Gasteiger partial charge in [-0.25, -0.2) is 4.79 Å². The molecule has 0 aliphatic rings. The predicted octanol–water partition coefficient (Wildman–Crippen LogP) is 4.24. The van der Waals surface area contributed by atoms with Gasteiger partial charge in [-0.15, -0.1) is 0 Å². The lowest BCUT2D eigenvalue weighted by molar-refractivity contribution is 0.0694. The highest BCUT2D eigenvalue weighted by Gasteiger charge is 2.17. The van der Waals surface area contributed by atoms with E-state index in [0.717, 1.165) is 5.56 Å². The summed E-state index contributed by atoms with van der Waals surface area (Å²) in [6.45, 7) is -0.0820. The van der Waals surface area contributed by atoms with E-state index in [9.17, 15) is 19.8 Å². The van der Waals surface area contributed by atoms with E-state index in [0.29, 0.717) is 32.6 Å². The molecule has 5 nitrogen and oxygen atoms in total. The molecule has 0 saturated carbocycles. The van der Waals surface area contributed by atoms with E-state index in [1.165, 1.54) is 10.8 Å². The van der Waals surface area contributed by atoms with Crippen molar-refractivity contribution in [3.8, 4) is 0 Å². The molecule has 8 heteroatoms. The van der Waals surface area contributed by atoms with Crippen LogP contribution in [0.4, 0.5) is 0 Å². The minimum atomic E-state index is -1.33. The van der Waals surface area contributed by atoms with Crippen molar-refractivity contribution in [1.82, 2.24) is 4.57 Å². The van der Waals surface area contributed by atoms with Gasteiger partial charge in [0.1, 0.15) is 5.56 Å². The molecule has 0 radical (unpaired) electrons. The third kappa shape index (κ3) is 3.82. The zero-order chi connectivity index (χ0) is 19.7. The number of hydrogen-bond acceptors (Lipinski definition) is 3. The van der Waals surface area contributed by atoms with E-state index in [1.54, 1.807) is 30.3 Å². The average Bonchev–Trinajstić information content (AvgIpc) is 2.62. The van der Waals surface area contributed by atoms with Crippen LogP contribution in [0.2, 0.25) is 15.1 Å². The molecule has 0 unspecified atom stereocenters. The highest BCUT2D eigenvalue weighted by atomic mass is 35.5. The largest absolute Gasteiger partial charge is 0.477 e. The fourth-order valence-electron chi connectivity index (χ4n) is 2.93. The van der Waals surface area contributed by atoms with Crippen molar-refractivity contribution in [2.75, 3.05) is 6.61 Å². The van der Waals surface area contributed by atoms with Crippen LogP contribution in [0.1, 0.15) is 21.5 Å². The Kier molecular flexibility index (Phi) is 5.77. The maximum atomic E-state index is 12.6. The average molecular weight is 427 g/mol. The first-order valence-electron chi connectivity index (χ1n) is 7.96. The van der Waals surface area contributed by atoms with Crippen molar-refractivity contribution in [1.29, 1.82) is 0 Å². The Morgan fingerprint density at radius 3 is 2.48 bits per heavy atom. The summed E-state index contributed by atoms with van der Waals surface area (Å²) in [6, 6.07) is 8.38. The quantitative estimate of drug-likeness (QED) is 0.639. The number of hydrogen-bond donors (Lipinski definition) is 2. The summed E-state index contributed by atoms with van der Waals surface area (Å²) in [5, 5.41) is 20.0. The smallest absolute Gasteiger partial charge is 0.341 e. The third-order valence-corrected chi connectivity index (χ3v) is 5.44. The summed E-state index contributed by atoms with van der Waals surface area (Å²) >= 11 is 18.7. The summed E-state index contributed by atoms with van der Waals surface area (Å²) in [5.41, 5.74) is 0.816. The van der Waals surface area contributed by atoms with Gasteiger partial charge in [0, 0.05) is 29.6 Å². The Morgan fingerprint density at radius 1 is 1.07 bits per heavy atom. The molecular weight excluding hydrogens is 413 g/mol. The Labute approximate surface area is 169 Å². The fourth-order valence-corrected chi connectivity index (χ4v) is 3.54. The first-order chi connectivity index (χ1) is 12.8. The van der Waals surface area contributed by atoms with Gasteiger partial charge in [0.2, 0.25) is 5.43 Å². The number of nitrogens with zero attached hydrogens (tertiary/aromatic N) is 1. The molecular formula is C19H14Cl3NO4. The number of aliphatic hydroxyl groups is 1. The van der Waals surface area contributed by atoms with Crippen molar-refractivity contribution < 1.29 is 15.0 Å². The second-order valence-electron chi connectivity index (χ2n) is 5.94. The minimum Gasteiger partial charge on any atom is -0.477 e. The zero-order valence-corrected chi connectivity index (χ0v) is 16.1. The van der Waals surface area contributed by atoms with Crippen LogP contribution in [0.15, 0.2) is 41.3 Å². The van der Waals surface area contributed by atoms with E-state index < -0.39 is 11.4 Å². The predicted molar refractivity (Wildman–Crippen MR) is 107 cm³/mol. The van der Waals surface area contributed by atoms with E-state index in [4.69, 9.17) is 34.8 Å². The van der Waals surface area contributed by atoms with Gasteiger partial charge in [0.15, 0.2) is 0 Å². The number of aliphatic hydroxyl groups excluding tert-OH is 1. The normalized spacial score (nSPS) is 11.1. The SMILES string of the molecule is O=C(O)c1cn(CCO)c2cc(Cl)c(Cc3cccc(Cl)c3Cl)cc2c1=O. The van der Waals surface area contributed by atoms with Crippen LogP contribution in [-0.4, -0.2) is 27.4 Å². The Hall–Kier alpha value is -2.05. The Bertz CT molecular complexity index is 1110. The zero-order valence-electron chi connectivity index (χ0n) is 13.9. The molecule has 0 spiro atoms. The van der Waals surface area contributed by atoms with Crippen LogP contribution >= 0.6 is 34.8 Å². The minimum absolute atomic E-state index is 0.132. The third-order valence-electron chi connectivity index (χ3n) is 4.23. The highest BCUT2D eigenvalue weighted by molar-refractivity contribution is 6.42. The molecule has 1 heterocycles. The standard InChI is InChI=1S/C19H14Cl3NO4/c20-14-3-1-2-10(17(14)22)6-11-7-12-16(8-15(11)21)23(4-5-24)9-13(18(12)25)19(26)27/h1-3,7-9,24H,4-6H2,(H,26,27). The number of benzene rings is 2.